The monoisotopic (exact) mass is 283 g/mol. The molecular weight excluding hydrogens is 262 g/mol. The number of carbonyl (C=O) groups excluding carboxylic acids is 1. The molecule has 0 saturated heterocycles. The second-order valence-electron chi connectivity index (χ2n) is 5.10. The van der Waals surface area contributed by atoms with E-state index in [1.807, 2.05) is 49.4 Å². The lowest BCUT2D eigenvalue weighted by atomic mass is 10.1. The van der Waals surface area contributed by atoms with Crippen molar-refractivity contribution in [3.05, 3.63) is 65.7 Å². The largest absolute Gasteiger partial charge is 0.481 e. The van der Waals surface area contributed by atoms with Crippen molar-refractivity contribution in [3.8, 4) is 5.75 Å². The Morgan fingerprint density at radius 2 is 1.90 bits per heavy atom. The minimum atomic E-state index is -0.498. The van der Waals surface area contributed by atoms with E-state index in [-0.39, 0.29) is 5.91 Å². The van der Waals surface area contributed by atoms with E-state index >= 15 is 0 Å². The number of hydrogen-bond donors (Lipinski definition) is 1. The van der Waals surface area contributed by atoms with E-state index in [0.29, 0.717) is 6.54 Å². The maximum Gasteiger partial charge on any atom is 0.260 e. The van der Waals surface area contributed by atoms with E-state index in [1.165, 1.54) is 5.56 Å². The van der Waals surface area contributed by atoms with Crippen LogP contribution in [0.25, 0.3) is 0 Å². The van der Waals surface area contributed by atoms with Gasteiger partial charge in [-0.1, -0.05) is 42.5 Å². The van der Waals surface area contributed by atoms with E-state index in [2.05, 4.69) is 17.4 Å². The van der Waals surface area contributed by atoms with Gasteiger partial charge in [0.2, 0.25) is 0 Å². The Hall–Kier alpha value is -2.29. The van der Waals surface area contributed by atoms with Crippen molar-refractivity contribution in [2.45, 2.75) is 26.4 Å². The van der Waals surface area contributed by atoms with E-state index < -0.39 is 6.10 Å². The first-order valence-corrected chi connectivity index (χ1v) is 7.20. The molecule has 0 bridgehead atoms. The molecule has 2 aromatic carbocycles. The molecule has 1 N–H and O–H groups in total. The van der Waals surface area contributed by atoms with Crippen molar-refractivity contribution in [3.63, 3.8) is 0 Å². The van der Waals surface area contributed by atoms with Gasteiger partial charge in [0.1, 0.15) is 5.75 Å². The number of benzene rings is 2. The molecule has 0 aliphatic rings. The zero-order valence-corrected chi connectivity index (χ0v) is 12.5. The van der Waals surface area contributed by atoms with E-state index in [9.17, 15) is 4.79 Å². The average molecular weight is 283 g/mol. The Morgan fingerprint density at radius 1 is 1.14 bits per heavy atom. The van der Waals surface area contributed by atoms with E-state index in [1.54, 1.807) is 6.92 Å². The molecule has 110 valence electrons. The van der Waals surface area contributed by atoms with Crippen molar-refractivity contribution in [1.82, 2.24) is 5.32 Å². The fourth-order valence-electron chi connectivity index (χ4n) is 2.06. The zero-order valence-electron chi connectivity index (χ0n) is 12.5. The highest BCUT2D eigenvalue weighted by Crippen LogP contribution is 2.14. The molecule has 0 aliphatic heterocycles. The standard InChI is InChI=1S/C18H21NO2/c1-14-7-6-10-17(13-14)21-15(2)18(20)19-12-11-16-8-4-3-5-9-16/h3-10,13,15H,11-12H2,1-2H3,(H,19,20). The lowest BCUT2D eigenvalue weighted by Gasteiger charge is -2.15. The van der Waals surface area contributed by atoms with Crippen LogP contribution in [0.15, 0.2) is 54.6 Å². The molecule has 2 rings (SSSR count). The second kappa shape index (κ2) is 7.48. The first kappa shape index (κ1) is 15.1. The summed E-state index contributed by atoms with van der Waals surface area (Å²) in [5, 5.41) is 2.90. The van der Waals surface area contributed by atoms with Crippen molar-refractivity contribution in [2.75, 3.05) is 6.54 Å². The molecule has 1 atom stereocenters. The Morgan fingerprint density at radius 3 is 2.62 bits per heavy atom. The SMILES string of the molecule is Cc1cccc(OC(C)C(=O)NCCc2ccccc2)c1. The van der Waals surface area contributed by atoms with Crippen LogP contribution in [0.2, 0.25) is 0 Å². The Balaban J connectivity index is 1.77. The van der Waals surface area contributed by atoms with Gasteiger partial charge in [-0.15, -0.1) is 0 Å². The molecule has 2 aromatic rings. The van der Waals surface area contributed by atoms with Gasteiger partial charge < -0.3 is 10.1 Å². The molecular formula is C18H21NO2. The van der Waals surface area contributed by atoms with Gasteiger partial charge in [-0.3, -0.25) is 4.79 Å². The predicted octanol–water partition coefficient (Wildman–Crippen LogP) is 3.12. The van der Waals surface area contributed by atoms with Crippen LogP contribution < -0.4 is 10.1 Å². The summed E-state index contributed by atoms with van der Waals surface area (Å²) >= 11 is 0. The molecule has 3 nitrogen and oxygen atoms in total. The number of ether oxygens (including phenoxy) is 1. The van der Waals surface area contributed by atoms with Crippen LogP contribution >= 0.6 is 0 Å². The number of aryl methyl sites for hydroxylation is 1. The van der Waals surface area contributed by atoms with E-state index in [4.69, 9.17) is 4.74 Å². The Labute approximate surface area is 126 Å². The fraction of sp³-hybridized carbons (Fsp3) is 0.278. The van der Waals surface area contributed by atoms with Crippen molar-refractivity contribution >= 4 is 5.91 Å². The van der Waals surface area contributed by atoms with Gasteiger partial charge in [-0.2, -0.15) is 0 Å². The summed E-state index contributed by atoms with van der Waals surface area (Å²) in [7, 11) is 0. The number of amides is 1. The quantitative estimate of drug-likeness (QED) is 0.884. The van der Waals surface area contributed by atoms with Crippen LogP contribution in [-0.4, -0.2) is 18.6 Å². The van der Waals surface area contributed by atoms with Crippen LogP contribution in [0.5, 0.6) is 5.75 Å². The minimum absolute atomic E-state index is 0.0903. The highest BCUT2D eigenvalue weighted by molar-refractivity contribution is 5.80. The summed E-state index contributed by atoms with van der Waals surface area (Å²) in [5.41, 5.74) is 2.33. The first-order valence-electron chi connectivity index (χ1n) is 7.20. The first-order chi connectivity index (χ1) is 10.1. The third kappa shape index (κ3) is 4.95. The molecule has 3 heteroatoms. The van der Waals surface area contributed by atoms with Gasteiger partial charge in [0.25, 0.3) is 5.91 Å². The van der Waals surface area contributed by atoms with Crippen molar-refractivity contribution < 1.29 is 9.53 Å². The summed E-state index contributed by atoms with van der Waals surface area (Å²) < 4.78 is 5.65. The molecule has 0 aliphatic carbocycles. The fourth-order valence-corrected chi connectivity index (χ4v) is 2.06. The number of carbonyl (C=O) groups is 1. The summed E-state index contributed by atoms with van der Waals surface area (Å²) in [5.74, 6) is 0.633. The smallest absolute Gasteiger partial charge is 0.260 e. The maximum atomic E-state index is 12.0. The third-order valence-corrected chi connectivity index (χ3v) is 3.23. The van der Waals surface area contributed by atoms with Gasteiger partial charge in [0, 0.05) is 6.54 Å². The van der Waals surface area contributed by atoms with Gasteiger partial charge in [0.05, 0.1) is 0 Å². The molecule has 21 heavy (non-hydrogen) atoms. The topological polar surface area (TPSA) is 38.3 Å². The number of nitrogens with one attached hydrogen (secondary N) is 1. The van der Waals surface area contributed by atoms with Gasteiger partial charge in [-0.05, 0) is 43.5 Å². The van der Waals surface area contributed by atoms with Crippen LogP contribution in [-0.2, 0) is 11.2 Å². The minimum Gasteiger partial charge on any atom is -0.481 e. The van der Waals surface area contributed by atoms with Gasteiger partial charge >= 0.3 is 0 Å². The van der Waals surface area contributed by atoms with Crippen LogP contribution in [0.3, 0.4) is 0 Å². The molecule has 0 fully saturated rings. The van der Waals surface area contributed by atoms with E-state index in [0.717, 1.165) is 17.7 Å². The molecule has 0 saturated carbocycles. The summed E-state index contributed by atoms with van der Waals surface area (Å²) in [4.78, 5) is 12.0. The van der Waals surface area contributed by atoms with Gasteiger partial charge in [-0.25, -0.2) is 0 Å². The lowest BCUT2D eigenvalue weighted by Crippen LogP contribution is -2.37. The normalized spacial score (nSPS) is 11.7. The molecule has 0 heterocycles. The summed E-state index contributed by atoms with van der Waals surface area (Å²) in [6, 6.07) is 17.8. The molecule has 1 unspecified atom stereocenters. The summed E-state index contributed by atoms with van der Waals surface area (Å²) in [6.45, 7) is 4.38. The molecule has 1 amide bonds. The Bertz CT molecular complexity index is 581. The third-order valence-electron chi connectivity index (χ3n) is 3.23. The highest BCUT2D eigenvalue weighted by Gasteiger charge is 2.13. The van der Waals surface area contributed by atoms with Crippen molar-refractivity contribution in [2.24, 2.45) is 0 Å². The number of hydrogen-bond acceptors (Lipinski definition) is 2. The lowest BCUT2D eigenvalue weighted by molar-refractivity contribution is -0.127. The molecule has 0 spiro atoms. The second-order valence-corrected chi connectivity index (χ2v) is 5.10. The average Bonchev–Trinajstić information content (AvgIpc) is 2.48. The molecule has 0 aromatic heterocycles. The summed E-state index contributed by atoms with van der Waals surface area (Å²) in [6.07, 6.45) is 0.326. The van der Waals surface area contributed by atoms with Crippen molar-refractivity contribution in [1.29, 1.82) is 0 Å². The molecule has 0 radical (unpaired) electrons. The number of rotatable bonds is 6. The van der Waals surface area contributed by atoms with Crippen LogP contribution in [0.1, 0.15) is 18.1 Å². The highest BCUT2D eigenvalue weighted by atomic mass is 16.5. The van der Waals surface area contributed by atoms with Gasteiger partial charge in [0.15, 0.2) is 6.10 Å². The Kier molecular flexibility index (Phi) is 5.38. The zero-order chi connectivity index (χ0) is 15.1. The predicted molar refractivity (Wildman–Crippen MR) is 84.4 cm³/mol. The van der Waals surface area contributed by atoms with Crippen LogP contribution in [0.4, 0.5) is 0 Å². The van der Waals surface area contributed by atoms with Crippen LogP contribution in [0, 0.1) is 6.92 Å². The maximum absolute atomic E-state index is 12.0.